The minimum Gasteiger partial charge on any atom is -0.461 e. The molecule has 0 saturated heterocycles. The first kappa shape index (κ1) is 17.3. The van der Waals surface area contributed by atoms with Crippen molar-refractivity contribution >= 4 is 39.8 Å². The van der Waals surface area contributed by atoms with Gasteiger partial charge in [-0.25, -0.2) is 9.18 Å². The van der Waals surface area contributed by atoms with Crippen LogP contribution in [-0.4, -0.2) is 17.1 Å². The molecule has 2 aromatic carbocycles. The van der Waals surface area contributed by atoms with Gasteiger partial charge in [-0.15, -0.1) is 0 Å². The van der Waals surface area contributed by atoms with Crippen LogP contribution in [0.1, 0.15) is 23.0 Å². The van der Waals surface area contributed by atoms with Gasteiger partial charge >= 0.3 is 5.97 Å². The van der Waals surface area contributed by atoms with Crippen molar-refractivity contribution in [1.29, 1.82) is 0 Å². The van der Waals surface area contributed by atoms with Crippen LogP contribution in [0.25, 0.3) is 10.9 Å². The number of anilines is 2. The number of hydrogen-bond donors (Lipinski definition) is 1. The summed E-state index contributed by atoms with van der Waals surface area (Å²) in [5.41, 5.74) is 3.88. The standard InChI is InChI=1S/C19H18ClFN2O2/c1-4-25-19(24)18-10-13-16(7-11(2)8-17(13)23(18)3)22-12-5-6-15(21)14(20)9-12/h5-10,22H,4H2,1-3H3. The van der Waals surface area contributed by atoms with E-state index in [1.807, 2.05) is 30.7 Å². The van der Waals surface area contributed by atoms with Gasteiger partial charge in [0.1, 0.15) is 11.5 Å². The number of aryl methyl sites for hydroxylation is 2. The van der Waals surface area contributed by atoms with E-state index in [0.29, 0.717) is 18.0 Å². The molecule has 0 atom stereocenters. The number of ether oxygens (including phenoxy) is 1. The molecule has 3 rings (SSSR count). The van der Waals surface area contributed by atoms with E-state index in [9.17, 15) is 9.18 Å². The quantitative estimate of drug-likeness (QED) is 0.650. The second-order valence-corrected chi connectivity index (χ2v) is 6.22. The van der Waals surface area contributed by atoms with Crippen LogP contribution in [0.3, 0.4) is 0 Å². The van der Waals surface area contributed by atoms with E-state index < -0.39 is 5.82 Å². The normalized spacial score (nSPS) is 10.9. The summed E-state index contributed by atoms with van der Waals surface area (Å²) in [6.07, 6.45) is 0. The van der Waals surface area contributed by atoms with Gasteiger partial charge in [0.2, 0.25) is 0 Å². The summed E-state index contributed by atoms with van der Waals surface area (Å²) in [5, 5.41) is 4.17. The largest absolute Gasteiger partial charge is 0.461 e. The smallest absolute Gasteiger partial charge is 0.354 e. The number of hydrogen-bond acceptors (Lipinski definition) is 3. The number of carbonyl (C=O) groups excluding carboxylic acids is 1. The van der Waals surface area contributed by atoms with Crippen LogP contribution in [-0.2, 0) is 11.8 Å². The molecule has 0 aliphatic rings. The summed E-state index contributed by atoms with van der Waals surface area (Å²) in [5.74, 6) is -0.833. The second-order valence-electron chi connectivity index (χ2n) is 5.81. The maximum atomic E-state index is 13.4. The SMILES string of the molecule is CCOC(=O)c1cc2c(Nc3ccc(F)c(Cl)c3)cc(C)cc2n1C. The fourth-order valence-corrected chi connectivity index (χ4v) is 2.99. The van der Waals surface area contributed by atoms with E-state index in [1.165, 1.54) is 12.1 Å². The zero-order chi connectivity index (χ0) is 18.1. The van der Waals surface area contributed by atoms with Crippen LogP contribution in [0.2, 0.25) is 5.02 Å². The van der Waals surface area contributed by atoms with Gasteiger partial charge in [-0.1, -0.05) is 11.6 Å². The Morgan fingerprint density at radius 2 is 2.04 bits per heavy atom. The molecule has 4 nitrogen and oxygen atoms in total. The molecule has 0 radical (unpaired) electrons. The molecule has 0 aliphatic heterocycles. The molecule has 25 heavy (non-hydrogen) atoms. The van der Waals surface area contributed by atoms with Gasteiger partial charge in [0, 0.05) is 23.8 Å². The summed E-state index contributed by atoms with van der Waals surface area (Å²) in [6.45, 7) is 4.06. The predicted molar refractivity (Wildman–Crippen MR) is 98.3 cm³/mol. The maximum absolute atomic E-state index is 13.4. The Labute approximate surface area is 150 Å². The summed E-state index contributed by atoms with van der Waals surface area (Å²) < 4.78 is 20.3. The van der Waals surface area contributed by atoms with E-state index in [4.69, 9.17) is 16.3 Å². The Bertz CT molecular complexity index is 966. The number of nitrogens with zero attached hydrogens (tertiary/aromatic N) is 1. The molecule has 1 aromatic heterocycles. The van der Waals surface area contributed by atoms with Gasteiger partial charge in [0.15, 0.2) is 0 Å². The van der Waals surface area contributed by atoms with Crippen molar-refractivity contribution < 1.29 is 13.9 Å². The Hall–Kier alpha value is -2.53. The van der Waals surface area contributed by atoms with Crippen molar-refractivity contribution in [3.63, 3.8) is 0 Å². The Balaban J connectivity index is 2.09. The number of esters is 1. The Morgan fingerprint density at radius 1 is 1.28 bits per heavy atom. The molecule has 3 aromatic rings. The first-order valence-electron chi connectivity index (χ1n) is 7.90. The van der Waals surface area contributed by atoms with Crippen molar-refractivity contribution in [3.8, 4) is 0 Å². The zero-order valence-corrected chi connectivity index (χ0v) is 14.9. The number of nitrogens with one attached hydrogen (secondary N) is 1. The number of rotatable bonds is 4. The lowest BCUT2D eigenvalue weighted by molar-refractivity contribution is 0.0516. The third kappa shape index (κ3) is 3.33. The Kier molecular flexibility index (Phi) is 4.68. The molecule has 0 spiro atoms. The van der Waals surface area contributed by atoms with Gasteiger partial charge < -0.3 is 14.6 Å². The monoisotopic (exact) mass is 360 g/mol. The van der Waals surface area contributed by atoms with Crippen molar-refractivity contribution in [2.75, 3.05) is 11.9 Å². The van der Waals surface area contributed by atoms with Crippen LogP contribution in [0.15, 0.2) is 36.4 Å². The lowest BCUT2D eigenvalue weighted by atomic mass is 10.1. The van der Waals surface area contributed by atoms with Crippen LogP contribution in [0.4, 0.5) is 15.8 Å². The van der Waals surface area contributed by atoms with Gasteiger partial charge in [-0.05, 0) is 55.8 Å². The van der Waals surface area contributed by atoms with E-state index in [2.05, 4.69) is 5.32 Å². The van der Waals surface area contributed by atoms with Gasteiger partial charge in [-0.3, -0.25) is 0 Å². The minimum atomic E-state index is -0.467. The van der Waals surface area contributed by atoms with E-state index in [1.54, 1.807) is 19.1 Å². The molecule has 1 heterocycles. The molecule has 0 saturated carbocycles. The average Bonchev–Trinajstić information content (AvgIpc) is 2.89. The summed E-state index contributed by atoms with van der Waals surface area (Å²) >= 11 is 5.85. The predicted octanol–water partition coefficient (Wildman–Crippen LogP) is 5.20. The molecular formula is C19H18ClFN2O2. The van der Waals surface area contributed by atoms with Gasteiger partial charge in [0.25, 0.3) is 0 Å². The van der Waals surface area contributed by atoms with Crippen LogP contribution in [0.5, 0.6) is 0 Å². The van der Waals surface area contributed by atoms with E-state index >= 15 is 0 Å². The highest BCUT2D eigenvalue weighted by Crippen LogP contribution is 2.32. The van der Waals surface area contributed by atoms with E-state index in [-0.39, 0.29) is 11.0 Å². The highest BCUT2D eigenvalue weighted by atomic mass is 35.5. The molecule has 0 amide bonds. The average molecular weight is 361 g/mol. The number of benzene rings is 2. The third-order valence-corrected chi connectivity index (χ3v) is 4.28. The van der Waals surface area contributed by atoms with Crippen molar-refractivity contribution in [1.82, 2.24) is 4.57 Å². The lowest BCUT2D eigenvalue weighted by Gasteiger charge is -2.10. The molecule has 0 aliphatic carbocycles. The van der Waals surface area contributed by atoms with Crippen LogP contribution < -0.4 is 5.32 Å². The number of carbonyl (C=O) groups is 1. The highest BCUT2D eigenvalue weighted by molar-refractivity contribution is 6.31. The first-order chi connectivity index (χ1) is 11.9. The van der Waals surface area contributed by atoms with Gasteiger partial charge in [0.05, 0.1) is 17.1 Å². The first-order valence-corrected chi connectivity index (χ1v) is 8.27. The topological polar surface area (TPSA) is 43.3 Å². The summed E-state index contributed by atoms with van der Waals surface area (Å²) in [7, 11) is 1.83. The lowest BCUT2D eigenvalue weighted by Crippen LogP contribution is -2.09. The second kappa shape index (κ2) is 6.76. The maximum Gasteiger partial charge on any atom is 0.354 e. The van der Waals surface area contributed by atoms with Crippen molar-refractivity contribution in [2.45, 2.75) is 13.8 Å². The van der Waals surface area contributed by atoms with Gasteiger partial charge in [-0.2, -0.15) is 0 Å². The number of fused-ring (bicyclic) bond motifs is 1. The highest BCUT2D eigenvalue weighted by Gasteiger charge is 2.17. The summed E-state index contributed by atoms with van der Waals surface area (Å²) in [6, 6.07) is 10.2. The van der Waals surface area contributed by atoms with Crippen LogP contribution >= 0.6 is 11.6 Å². The molecule has 0 unspecified atom stereocenters. The molecule has 130 valence electrons. The molecule has 6 heteroatoms. The fraction of sp³-hybridized carbons (Fsp3) is 0.211. The van der Waals surface area contributed by atoms with E-state index in [0.717, 1.165) is 22.2 Å². The van der Waals surface area contributed by atoms with Crippen molar-refractivity contribution in [2.24, 2.45) is 7.05 Å². The molecule has 1 N–H and O–H groups in total. The zero-order valence-electron chi connectivity index (χ0n) is 14.2. The fourth-order valence-electron chi connectivity index (χ4n) is 2.80. The third-order valence-electron chi connectivity index (χ3n) is 3.99. The summed E-state index contributed by atoms with van der Waals surface area (Å²) in [4.78, 5) is 12.1. The van der Waals surface area contributed by atoms with Crippen molar-refractivity contribution in [3.05, 3.63) is 58.5 Å². The Morgan fingerprint density at radius 3 is 2.72 bits per heavy atom. The molecular weight excluding hydrogens is 343 g/mol. The number of halogens is 2. The molecule has 0 bridgehead atoms. The van der Waals surface area contributed by atoms with Crippen LogP contribution in [0, 0.1) is 12.7 Å². The molecule has 0 fully saturated rings. The minimum absolute atomic E-state index is 0.0502. The number of aromatic nitrogens is 1.